The number of nitrogens with zero attached hydrogens (tertiary/aromatic N) is 6. The summed E-state index contributed by atoms with van der Waals surface area (Å²) in [7, 11) is 0. The summed E-state index contributed by atoms with van der Waals surface area (Å²) in [5, 5.41) is 24.1. The molecule has 17 nitrogen and oxygen atoms in total. The Bertz CT molecular complexity index is 2700. The van der Waals surface area contributed by atoms with Crippen LogP contribution in [-0.4, -0.2) is 112 Å². The molecule has 2 fully saturated rings. The van der Waals surface area contributed by atoms with Gasteiger partial charge in [0.1, 0.15) is 17.9 Å². The number of hydrogen-bond donors (Lipinski definition) is 5. The fraction of sp³-hybridized carbons (Fsp3) is 0.474. The number of likely N-dealkylation sites (tertiary alicyclic amines) is 1. The number of thiazole rings is 1. The standard InChI is InChI=1S/C57H74N10O7S/c1-38-14-13-15-42(32-38)35-59-65-48-34-49(66-27-30-73-31-28-66)63-56(62-48)74-29-26-41-18-24-45(25-19-41)61-50(69)16-11-9-7-8-10-12-17-51(70)64-53(57(4,5)6)55(72)67-36-46(68)33-47(67)54(71)60-39(2)43-20-22-44(23-21-43)52-40(3)58-37-75-52/h13-15,18-25,32,34-35,37,39,46-47,53,68H,7-12,16-17,26-31,33,36H2,1-6H3,(H,60,71)(H,61,69)(H,64,70)(H,62,63,65)/b59-35+/t39-,46+,47-,53+/m0/s1. The van der Waals surface area contributed by atoms with Crippen LogP contribution in [0.15, 0.2) is 89.5 Å². The molecule has 2 aromatic heterocycles. The van der Waals surface area contributed by atoms with Crippen LogP contribution in [0.4, 0.5) is 17.3 Å². The fourth-order valence-corrected chi connectivity index (χ4v) is 9.99. The molecular formula is C57H74N10O7S. The van der Waals surface area contributed by atoms with Gasteiger partial charge in [0, 0.05) is 57.1 Å². The molecule has 4 amide bonds. The minimum absolute atomic E-state index is 0.0135. The Labute approximate surface area is 445 Å². The molecule has 0 unspecified atom stereocenters. The molecule has 0 spiro atoms. The number of carbonyl (C=O) groups is 4. The zero-order valence-corrected chi connectivity index (χ0v) is 45.1. The molecule has 75 heavy (non-hydrogen) atoms. The molecule has 2 saturated heterocycles. The predicted molar refractivity (Wildman–Crippen MR) is 295 cm³/mol. The van der Waals surface area contributed by atoms with Crippen LogP contribution in [-0.2, 0) is 30.3 Å². The van der Waals surface area contributed by atoms with E-state index in [4.69, 9.17) is 9.47 Å². The van der Waals surface area contributed by atoms with Gasteiger partial charge in [-0.25, -0.2) is 4.98 Å². The fourth-order valence-electron chi connectivity index (χ4n) is 9.18. The summed E-state index contributed by atoms with van der Waals surface area (Å²) in [6.45, 7) is 14.6. The Morgan fingerprint density at radius 3 is 2.28 bits per heavy atom. The van der Waals surface area contributed by atoms with Gasteiger partial charge in [0.15, 0.2) is 5.82 Å². The molecule has 0 saturated carbocycles. The smallest absolute Gasteiger partial charge is 0.320 e. The molecule has 0 bridgehead atoms. The largest absolute Gasteiger partial charge is 0.463 e. The van der Waals surface area contributed by atoms with Gasteiger partial charge in [-0.1, -0.05) is 113 Å². The molecule has 18 heteroatoms. The number of aryl methyl sites for hydroxylation is 2. The number of aliphatic hydroxyl groups is 1. The molecule has 3 aromatic carbocycles. The number of anilines is 3. The zero-order valence-electron chi connectivity index (χ0n) is 44.3. The number of unbranched alkanes of at least 4 members (excludes halogenated alkanes) is 5. The molecule has 0 radical (unpaired) electrons. The van der Waals surface area contributed by atoms with Crippen LogP contribution >= 0.6 is 11.3 Å². The molecule has 4 atom stereocenters. The first kappa shape index (κ1) is 56.0. The number of β-amino-alcohol motifs (C(OH)–C–C–N with tert-alkyl or cyclic N) is 1. The Morgan fingerprint density at radius 2 is 1.60 bits per heavy atom. The third-order valence-corrected chi connectivity index (χ3v) is 14.4. The van der Waals surface area contributed by atoms with Gasteiger partial charge in [-0.05, 0) is 73.4 Å². The maximum absolute atomic E-state index is 14.1. The minimum Gasteiger partial charge on any atom is -0.463 e. The summed E-state index contributed by atoms with van der Waals surface area (Å²) in [4.78, 5) is 72.1. The number of nitrogens with one attached hydrogen (secondary N) is 4. The molecular weight excluding hydrogens is 969 g/mol. The van der Waals surface area contributed by atoms with Crippen molar-refractivity contribution < 1.29 is 33.8 Å². The second-order valence-corrected chi connectivity index (χ2v) is 21.5. The van der Waals surface area contributed by atoms with Gasteiger partial charge in [0.2, 0.25) is 23.6 Å². The highest BCUT2D eigenvalue weighted by Gasteiger charge is 2.44. The Morgan fingerprint density at radius 1 is 0.893 bits per heavy atom. The number of ether oxygens (including phenoxy) is 2. The highest BCUT2D eigenvalue weighted by molar-refractivity contribution is 7.13. The van der Waals surface area contributed by atoms with E-state index in [1.54, 1.807) is 17.6 Å². The lowest BCUT2D eigenvalue weighted by molar-refractivity contribution is -0.144. The summed E-state index contributed by atoms with van der Waals surface area (Å²) in [6.07, 6.45) is 7.32. The first-order valence-corrected chi connectivity index (χ1v) is 27.2. The van der Waals surface area contributed by atoms with Crippen LogP contribution in [0, 0.1) is 19.3 Å². The zero-order chi connectivity index (χ0) is 53.3. The van der Waals surface area contributed by atoms with E-state index in [-0.39, 0.29) is 55.1 Å². The van der Waals surface area contributed by atoms with E-state index >= 15 is 0 Å². The summed E-state index contributed by atoms with van der Waals surface area (Å²) >= 11 is 1.58. The average Bonchev–Trinajstić information content (AvgIpc) is 4.01. The number of rotatable bonds is 24. The first-order valence-electron chi connectivity index (χ1n) is 26.3. The summed E-state index contributed by atoms with van der Waals surface area (Å²) in [6, 6.07) is 23.8. The minimum atomic E-state index is -0.880. The second-order valence-electron chi connectivity index (χ2n) is 20.6. The van der Waals surface area contributed by atoms with Crippen molar-refractivity contribution in [1.82, 2.24) is 30.5 Å². The van der Waals surface area contributed by atoms with E-state index in [0.29, 0.717) is 44.9 Å². The first-order chi connectivity index (χ1) is 36.1. The van der Waals surface area contributed by atoms with Crippen LogP contribution in [0.3, 0.4) is 0 Å². The lowest BCUT2D eigenvalue weighted by Gasteiger charge is -2.35. The number of amides is 4. The van der Waals surface area contributed by atoms with Crippen molar-refractivity contribution in [3.63, 3.8) is 0 Å². The highest BCUT2D eigenvalue weighted by atomic mass is 32.1. The van der Waals surface area contributed by atoms with Gasteiger partial charge < -0.3 is 40.3 Å². The number of morpholine rings is 1. The maximum Gasteiger partial charge on any atom is 0.320 e. The molecule has 2 aliphatic heterocycles. The number of benzene rings is 3. The van der Waals surface area contributed by atoms with Crippen LogP contribution in [0.25, 0.3) is 10.4 Å². The number of carbonyl (C=O) groups excluding carboxylic acids is 4. The van der Waals surface area contributed by atoms with E-state index in [1.807, 2.05) is 120 Å². The van der Waals surface area contributed by atoms with Crippen molar-refractivity contribution in [2.24, 2.45) is 10.5 Å². The SMILES string of the molecule is Cc1cccc(/C=N/Nc2cc(N3CCOCC3)nc(OCCc3ccc(NC(=O)CCCCCCCCC(=O)N[C@H](C(=O)N4C[C@H](O)C[C@H]4C(=O)N[C@@H](C)c4ccc(-c5scnc5C)cc4)C(C)(C)C)cc3)n2)c1. The number of hydrazone groups is 1. The molecule has 0 aliphatic carbocycles. The maximum atomic E-state index is 14.1. The Balaban J connectivity index is 0.774. The Hall–Kier alpha value is -6.76. The summed E-state index contributed by atoms with van der Waals surface area (Å²) < 4.78 is 11.6. The quantitative estimate of drug-likeness (QED) is 0.0224. The van der Waals surface area contributed by atoms with Crippen LogP contribution in [0.2, 0.25) is 0 Å². The number of aromatic nitrogens is 3. The third-order valence-electron chi connectivity index (χ3n) is 13.4. The van der Waals surface area contributed by atoms with Crippen LogP contribution in [0.5, 0.6) is 6.01 Å². The van der Waals surface area contributed by atoms with Crippen molar-refractivity contribution in [3.05, 3.63) is 112 Å². The van der Waals surface area contributed by atoms with Gasteiger partial charge in [0.25, 0.3) is 0 Å². The Kier molecular flexibility index (Phi) is 20.3. The van der Waals surface area contributed by atoms with Crippen molar-refractivity contribution in [2.75, 3.05) is 55.1 Å². The average molecular weight is 1040 g/mol. The van der Waals surface area contributed by atoms with E-state index in [9.17, 15) is 24.3 Å². The summed E-state index contributed by atoms with van der Waals surface area (Å²) in [5.74, 6) is 0.277. The van der Waals surface area contributed by atoms with Crippen molar-refractivity contribution >= 4 is 58.5 Å². The third kappa shape index (κ3) is 16.9. The predicted octanol–water partition coefficient (Wildman–Crippen LogP) is 8.55. The molecule has 400 valence electrons. The van der Waals surface area contributed by atoms with Crippen LogP contribution < -0.4 is 31.0 Å². The van der Waals surface area contributed by atoms with Gasteiger partial charge in [-0.2, -0.15) is 15.1 Å². The molecule has 4 heterocycles. The van der Waals surface area contributed by atoms with Crippen molar-refractivity contribution in [2.45, 2.75) is 130 Å². The second kappa shape index (κ2) is 27.2. The van der Waals surface area contributed by atoms with E-state index in [2.05, 4.69) is 52.4 Å². The van der Waals surface area contributed by atoms with E-state index in [0.717, 1.165) is 95.1 Å². The topological polar surface area (TPSA) is 213 Å². The van der Waals surface area contributed by atoms with Gasteiger partial charge in [-0.15, -0.1) is 11.3 Å². The molecule has 2 aliphatic rings. The van der Waals surface area contributed by atoms with Crippen molar-refractivity contribution in [1.29, 1.82) is 0 Å². The molecule has 7 rings (SSSR count). The lowest BCUT2D eigenvalue weighted by Crippen LogP contribution is -2.57. The van der Waals surface area contributed by atoms with Crippen LogP contribution in [0.1, 0.15) is 119 Å². The van der Waals surface area contributed by atoms with Gasteiger partial charge in [0.05, 0.1) is 54.3 Å². The lowest BCUT2D eigenvalue weighted by atomic mass is 9.85. The summed E-state index contributed by atoms with van der Waals surface area (Å²) in [5.41, 5.74) is 11.1. The van der Waals surface area contributed by atoms with E-state index in [1.165, 1.54) is 4.90 Å². The molecule has 5 aromatic rings. The number of aliphatic hydroxyl groups excluding tert-OH is 1. The molecule has 5 N–H and O–H groups in total. The highest BCUT2D eigenvalue weighted by Crippen LogP contribution is 2.30. The van der Waals surface area contributed by atoms with Crippen molar-refractivity contribution in [3.8, 4) is 16.5 Å². The number of hydrogen-bond acceptors (Lipinski definition) is 14. The van der Waals surface area contributed by atoms with Gasteiger partial charge >= 0.3 is 6.01 Å². The normalized spacial score (nSPS) is 16.6. The monoisotopic (exact) mass is 1040 g/mol. The van der Waals surface area contributed by atoms with Gasteiger partial charge in [-0.3, -0.25) is 24.6 Å². The van der Waals surface area contributed by atoms with E-state index < -0.39 is 23.6 Å².